The monoisotopic (exact) mass is 280 g/mol. The molecule has 100 valence electrons. The highest BCUT2D eigenvalue weighted by atomic mass is 35.5. The molecule has 1 aromatic carbocycles. The summed E-state index contributed by atoms with van der Waals surface area (Å²) in [4.78, 5) is 12.1. The number of benzene rings is 1. The Bertz CT molecular complexity index is 570. The molecule has 1 aromatic heterocycles. The maximum Gasteiger partial charge on any atom is 0.330 e. The van der Waals surface area contributed by atoms with Gasteiger partial charge < -0.3 is 14.8 Å². The normalized spacial score (nSPS) is 10.1. The fraction of sp³-hybridized carbons (Fsp3) is 0.250. The van der Waals surface area contributed by atoms with Crippen LogP contribution in [0.5, 0.6) is 17.8 Å². The van der Waals surface area contributed by atoms with Gasteiger partial charge in [-0.15, -0.1) is 4.98 Å². The largest absolute Gasteiger partial charge is 0.467 e. The van der Waals surface area contributed by atoms with Gasteiger partial charge in [-0.3, -0.25) is 0 Å². The van der Waals surface area contributed by atoms with Gasteiger partial charge in [-0.2, -0.15) is 9.97 Å². The summed E-state index contributed by atoms with van der Waals surface area (Å²) in [6.07, 6.45) is 0. The van der Waals surface area contributed by atoms with Crippen molar-refractivity contribution in [2.75, 3.05) is 19.5 Å². The van der Waals surface area contributed by atoms with Gasteiger partial charge in [0, 0.05) is 12.1 Å². The molecule has 7 heteroatoms. The van der Waals surface area contributed by atoms with Crippen molar-refractivity contribution in [3.8, 4) is 17.8 Å². The van der Waals surface area contributed by atoms with E-state index in [9.17, 15) is 0 Å². The Morgan fingerprint density at radius 1 is 1.16 bits per heavy atom. The minimum Gasteiger partial charge on any atom is -0.467 e. The number of aryl methyl sites for hydroxylation is 1. The number of rotatable bonds is 4. The highest BCUT2D eigenvalue weighted by Crippen LogP contribution is 2.25. The SMILES string of the molecule is CNc1nc(OC)nc(Oc2ccc(Cl)c(C)c2)n1. The summed E-state index contributed by atoms with van der Waals surface area (Å²) in [6, 6.07) is 5.63. The van der Waals surface area contributed by atoms with E-state index in [1.165, 1.54) is 7.11 Å². The molecule has 0 atom stereocenters. The third-order valence-corrected chi connectivity index (χ3v) is 2.76. The lowest BCUT2D eigenvalue weighted by Crippen LogP contribution is -2.03. The van der Waals surface area contributed by atoms with Crippen LogP contribution in [0.2, 0.25) is 5.02 Å². The summed E-state index contributed by atoms with van der Waals surface area (Å²) < 4.78 is 10.5. The summed E-state index contributed by atoms with van der Waals surface area (Å²) in [7, 11) is 3.18. The molecular weight excluding hydrogens is 268 g/mol. The minimum absolute atomic E-state index is 0.151. The van der Waals surface area contributed by atoms with Crippen LogP contribution in [0.1, 0.15) is 5.56 Å². The minimum atomic E-state index is 0.151. The van der Waals surface area contributed by atoms with Gasteiger partial charge in [0.25, 0.3) is 0 Å². The van der Waals surface area contributed by atoms with Gasteiger partial charge in [-0.05, 0) is 30.7 Å². The van der Waals surface area contributed by atoms with Gasteiger partial charge in [0.1, 0.15) is 5.75 Å². The van der Waals surface area contributed by atoms with E-state index < -0.39 is 0 Å². The lowest BCUT2D eigenvalue weighted by Gasteiger charge is -2.07. The quantitative estimate of drug-likeness (QED) is 0.928. The molecule has 0 spiro atoms. The topological polar surface area (TPSA) is 69.2 Å². The zero-order valence-electron chi connectivity index (χ0n) is 10.8. The second-order valence-electron chi connectivity index (χ2n) is 3.69. The number of nitrogens with one attached hydrogen (secondary N) is 1. The Balaban J connectivity index is 2.29. The molecule has 0 saturated heterocycles. The second-order valence-corrected chi connectivity index (χ2v) is 4.10. The maximum atomic E-state index is 5.95. The van der Waals surface area contributed by atoms with Crippen LogP contribution in [0, 0.1) is 6.92 Å². The Morgan fingerprint density at radius 3 is 2.53 bits per heavy atom. The molecule has 0 saturated carbocycles. The first-order chi connectivity index (χ1) is 9.12. The second kappa shape index (κ2) is 5.71. The molecule has 2 rings (SSSR count). The maximum absolute atomic E-state index is 5.95. The fourth-order valence-electron chi connectivity index (χ4n) is 1.37. The zero-order chi connectivity index (χ0) is 13.8. The molecule has 0 radical (unpaired) electrons. The van der Waals surface area contributed by atoms with Crippen molar-refractivity contribution in [3.63, 3.8) is 0 Å². The zero-order valence-corrected chi connectivity index (χ0v) is 11.5. The summed E-state index contributed by atoms with van der Waals surface area (Å²) in [5.41, 5.74) is 0.911. The molecule has 6 nitrogen and oxygen atoms in total. The van der Waals surface area contributed by atoms with E-state index in [2.05, 4.69) is 20.3 Å². The number of methoxy groups -OCH3 is 1. The van der Waals surface area contributed by atoms with Crippen molar-refractivity contribution in [3.05, 3.63) is 28.8 Å². The van der Waals surface area contributed by atoms with Crippen LogP contribution in [0.25, 0.3) is 0 Å². The summed E-state index contributed by atoms with van der Waals surface area (Å²) in [6.45, 7) is 1.89. The van der Waals surface area contributed by atoms with Crippen molar-refractivity contribution < 1.29 is 9.47 Å². The molecule has 2 aromatic rings. The third-order valence-electron chi connectivity index (χ3n) is 2.34. The molecule has 0 aliphatic heterocycles. The van der Waals surface area contributed by atoms with Crippen molar-refractivity contribution >= 4 is 17.5 Å². The Hall–Kier alpha value is -2.08. The average Bonchev–Trinajstić information content (AvgIpc) is 2.42. The van der Waals surface area contributed by atoms with Crippen LogP contribution >= 0.6 is 11.6 Å². The van der Waals surface area contributed by atoms with Crippen LogP contribution in [0.4, 0.5) is 5.95 Å². The molecule has 1 N–H and O–H groups in total. The Morgan fingerprint density at radius 2 is 1.89 bits per heavy atom. The van der Waals surface area contributed by atoms with Gasteiger partial charge in [-0.1, -0.05) is 11.6 Å². The first-order valence-electron chi connectivity index (χ1n) is 5.54. The average molecular weight is 281 g/mol. The highest BCUT2D eigenvalue weighted by Gasteiger charge is 2.08. The van der Waals surface area contributed by atoms with Crippen molar-refractivity contribution in [1.29, 1.82) is 0 Å². The van der Waals surface area contributed by atoms with Crippen molar-refractivity contribution in [1.82, 2.24) is 15.0 Å². The lowest BCUT2D eigenvalue weighted by molar-refractivity contribution is 0.360. The van der Waals surface area contributed by atoms with E-state index in [0.29, 0.717) is 16.7 Å². The number of aromatic nitrogens is 3. The van der Waals surface area contributed by atoms with Crippen LogP contribution in [0.15, 0.2) is 18.2 Å². The van der Waals surface area contributed by atoms with Crippen molar-refractivity contribution in [2.24, 2.45) is 0 Å². The molecule has 0 aliphatic rings. The Labute approximate surface area is 115 Å². The van der Waals surface area contributed by atoms with E-state index >= 15 is 0 Å². The van der Waals surface area contributed by atoms with Gasteiger partial charge in [-0.25, -0.2) is 0 Å². The fourth-order valence-corrected chi connectivity index (χ4v) is 1.49. The van der Waals surface area contributed by atoms with Crippen LogP contribution in [-0.2, 0) is 0 Å². The number of halogens is 1. The van der Waals surface area contributed by atoms with Gasteiger partial charge >= 0.3 is 12.0 Å². The third kappa shape index (κ3) is 3.23. The van der Waals surface area contributed by atoms with E-state index in [0.717, 1.165) is 5.56 Å². The van der Waals surface area contributed by atoms with Crippen molar-refractivity contribution in [2.45, 2.75) is 6.92 Å². The lowest BCUT2D eigenvalue weighted by atomic mass is 10.2. The molecular formula is C12H13ClN4O2. The summed E-state index contributed by atoms with van der Waals surface area (Å²) >= 11 is 5.95. The summed E-state index contributed by atoms with van der Waals surface area (Å²) in [5, 5.41) is 3.48. The number of ether oxygens (including phenoxy) is 2. The molecule has 0 bridgehead atoms. The smallest absolute Gasteiger partial charge is 0.330 e. The molecule has 0 aliphatic carbocycles. The van der Waals surface area contributed by atoms with Crippen LogP contribution in [-0.4, -0.2) is 29.1 Å². The standard InChI is InChI=1S/C12H13ClN4O2/c1-7-6-8(4-5-9(7)13)19-12-16-10(14-2)15-11(17-12)18-3/h4-6H,1-3H3,(H,14,15,16,17). The number of hydrogen-bond acceptors (Lipinski definition) is 6. The van der Waals surface area contributed by atoms with E-state index in [-0.39, 0.29) is 12.0 Å². The van der Waals surface area contributed by atoms with Gasteiger partial charge in [0.05, 0.1) is 7.11 Å². The predicted octanol–water partition coefficient (Wildman–Crippen LogP) is 2.68. The Kier molecular flexibility index (Phi) is 4.01. The highest BCUT2D eigenvalue weighted by molar-refractivity contribution is 6.31. The molecule has 0 fully saturated rings. The number of hydrogen-bond donors (Lipinski definition) is 1. The van der Waals surface area contributed by atoms with E-state index in [1.54, 1.807) is 25.2 Å². The van der Waals surface area contributed by atoms with Gasteiger partial charge in [0.15, 0.2) is 0 Å². The molecule has 0 unspecified atom stereocenters. The first kappa shape index (κ1) is 13.4. The van der Waals surface area contributed by atoms with Gasteiger partial charge in [0.2, 0.25) is 5.95 Å². The van der Waals surface area contributed by atoms with E-state index in [1.807, 2.05) is 6.92 Å². The molecule has 0 amide bonds. The van der Waals surface area contributed by atoms with Crippen LogP contribution < -0.4 is 14.8 Å². The van der Waals surface area contributed by atoms with E-state index in [4.69, 9.17) is 21.1 Å². The predicted molar refractivity (Wildman–Crippen MR) is 72.2 cm³/mol. The first-order valence-corrected chi connectivity index (χ1v) is 5.92. The van der Waals surface area contributed by atoms with Crippen LogP contribution in [0.3, 0.4) is 0 Å². The summed E-state index contributed by atoms with van der Waals surface area (Å²) in [5.74, 6) is 0.963. The molecule has 1 heterocycles. The number of nitrogens with zero attached hydrogens (tertiary/aromatic N) is 3. The molecule has 19 heavy (non-hydrogen) atoms. The number of anilines is 1.